The largest absolute Gasteiger partial charge is 0.450 e. The second-order valence-electron chi connectivity index (χ2n) is 8.07. The average molecular weight is 385 g/mol. The Balaban J connectivity index is 1.59. The molecule has 0 aliphatic carbocycles. The van der Waals surface area contributed by atoms with Crippen LogP contribution in [-0.2, 0) is 28.5 Å². The van der Waals surface area contributed by atoms with Gasteiger partial charge in [0.1, 0.15) is 6.10 Å². The molecule has 0 aromatic rings. The first kappa shape index (κ1) is 22.3. The normalized spacial score (nSPS) is 27.3. The van der Waals surface area contributed by atoms with Crippen LogP contribution in [0.4, 0.5) is 0 Å². The Kier molecular flexibility index (Phi) is 9.19. The summed E-state index contributed by atoms with van der Waals surface area (Å²) < 4.78 is 22.2. The van der Waals surface area contributed by atoms with E-state index in [-0.39, 0.29) is 6.61 Å². The fraction of sp³-hybridized carbons (Fsp3) is 0.905. The summed E-state index contributed by atoms with van der Waals surface area (Å²) >= 11 is 0. The first-order chi connectivity index (χ1) is 12.9. The minimum absolute atomic E-state index is 0.288. The number of carbonyl (C=O) groups is 2. The second-order valence-corrected chi connectivity index (χ2v) is 8.07. The summed E-state index contributed by atoms with van der Waals surface area (Å²) in [5, 5.41) is 0. The highest BCUT2D eigenvalue weighted by molar-refractivity contribution is 6.37. The molecule has 0 radical (unpaired) electrons. The van der Waals surface area contributed by atoms with Crippen molar-refractivity contribution < 1.29 is 28.5 Å². The first-order valence-electron chi connectivity index (χ1n) is 10.6. The fourth-order valence-corrected chi connectivity index (χ4v) is 3.63. The molecule has 0 spiro atoms. The second kappa shape index (κ2) is 11.1. The van der Waals surface area contributed by atoms with Crippen molar-refractivity contribution in [3.8, 4) is 0 Å². The van der Waals surface area contributed by atoms with Crippen molar-refractivity contribution in [1.29, 1.82) is 0 Å². The van der Waals surface area contributed by atoms with E-state index in [9.17, 15) is 9.59 Å². The van der Waals surface area contributed by atoms with Crippen molar-refractivity contribution in [3.05, 3.63) is 0 Å². The predicted octanol–water partition coefficient (Wildman–Crippen LogP) is 3.94. The molecule has 6 heteroatoms. The van der Waals surface area contributed by atoms with Crippen molar-refractivity contribution in [3.63, 3.8) is 0 Å². The Morgan fingerprint density at radius 2 is 1.56 bits per heavy atom. The molecule has 2 fully saturated rings. The number of hydrogen-bond acceptors (Lipinski definition) is 6. The molecule has 2 saturated heterocycles. The third-order valence-corrected chi connectivity index (χ3v) is 5.19. The van der Waals surface area contributed by atoms with Gasteiger partial charge in [-0.05, 0) is 20.3 Å². The molecule has 2 aliphatic heterocycles. The zero-order chi connectivity index (χ0) is 19.7. The third kappa shape index (κ3) is 7.16. The number of ketones is 1. The van der Waals surface area contributed by atoms with E-state index in [0.717, 1.165) is 12.8 Å². The van der Waals surface area contributed by atoms with Crippen molar-refractivity contribution in [1.82, 2.24) is 0 Å². The molecule has 0 saturated carbocycles. The van der Waals surface area contributed by atoms with E-state index >= 15 is 0 Å². The monoisotopic (exact) mass is 384 g/mol. The lowest BCUT2D eigenvalue weighted by molar-refractivity contribution is -0.168. The maximum atomic E-state index is 12.1. The van der Waals surface area contributed by atoms with Crippen LogP contribution in [0.1, 0.15) is 85.0 Å². The summed E-state index contributed by atoms with van der Waals surface area (Å²) in [6, 6.07) is 0. The van der Waals surface area contributed by atoms with E-state index in [2.05, 4.69) is 6.92 Å². The van der Waals surface area contributed by atoms with Gasteiger partial charge in [-0.15, -0.1) is 0 Å². The highest BCUT2D eigenvalue weighted by atomic mass is 16.8. The number of rotatable bonds is 13. The zero-order valence-electron chi connectivity index (χ0n) is 17.2. The summed E-state index contributed by atoms with van der Waals surface area (Å²) in [4.78, 5) is 23.7. The number of hydrogen-bond donors (Lipinski definition) is 0. The molecule has 2 aliphatic rings. The van der Waals surface area contributed by atoms with E-state index < -0.39 is 35.9 Å². The topological polar surface area (TPSA) is 71.1 Å². The summed E-state index contributed by atoms with van der Waals surface area (Å²) in [7, 11) is 0. The van der Waals surface area contributed by atoms with Crippen molar-refractivity contribution in [2.24, 2.45) is 0 Å². The van der Waals surface area contributed by atoms with Crippen LogP contribution >= 0.6 is 0 Å². The minimum Gasteiger partial charge on any atom is -0.450 e. The van der Waals surface area contributed by atoms with Gasteiger partial charge in [-0.3, -0.25) is 4.79 Å². The lowest BCUT2D eigenvalue weighted by Crippen LogP contribution is -2.41. The number of ether oxygens (including phenoxy) is 4. The van der Waals surface area contributed by atoms with Crippen molar-refractivity contribution >= 4 is 11.8 Å². The number of Topliss-reactive ketones (excluding diaryl/α,β-unsaturated/α-hetero) is 1. The molecule has 6 nitrogen and oxygen atoms in total. The minimum atomic E-state index is -0.876. The maximum absolute atomic E-state index is 12.1. The third-order valence-electron chi connectivity index (χ3n) is 5.19. The van der Waals surface area contributed by atoms with Gasteiger partial charge in [0, 0.05) is 6.61 Å². The molecular weight excluding hydrogens is 348 g/mol. The summed E-state index contributed by atoms with van der Waals surface area (Å²) in [5.41, 5.74) is 0. The molecule has 0 aromatic carbocycles. The Morgan fingerprint density at radius 3 is 2.11 bits per heavy atom. The van der Waals surface area contributed by atoms with E-state index in [4.69, 9.17) is 18.9 Å². The van der Waals surface area contributed by atoms with Gasteiger partial charge in [-0.2, -0.15) is 0 Å². The fourth-order valence-electron chi connectivity index (χ4n) is 3.63. The van der Waals surface area contributed by atoms with Gasteiger partial charge in [0.15, 0.2) is 18.0 Å². The van der Waals surface area contributed by atoms with Gasteiger partial charge in [-0.1, -0.05) is 64.7 Å². The number of unbranched alkanes of at least 4 members (excludes halogenated alkanes) is 9. The van der Waals surface area contributed by atoms with E-state index in [1.54, 1.807) is 13.8 Å². The van der Waals surface area contributed by atoms with E-state index in [0.29, 0.717) is 6.61 Å². The Hall–Kier alpha value is -0.980. The molecule has 156 valence electrons. The Morgan fingerprint density at radius 1 is 0.963 bits per heavy atom. The molecular formula is C21H36O6. The van der Waals surface area contributed by atoms with Crippen LogP contribution in [0.5, 0.6) is 0 Å². The van der Waals surface area contributed by atoms with Crippen LogP contribution in [-0.4, -0.2) is 49.1 Å². The lowest BCUT2D eigenvalue weighted by Gasteiger charge is -2.23. The summed E-state index contributed by atoms with van der Waals surface area (Å²) in [5.74, 6) is -2.18. The lowest BCUT2D eigenvalue weighted by atomic mass is 10.1. The molecule has 27 heavy (non-hydrogen) atoms. The number of carbonyl (C=O) groups excluding carboxylic acids is 2. The summed E-state index contributed by atoms with van der Waals surface area (Å²) in [6.45, 7) is 6.57. The highest BCUT2D eigenvalue weighted by Gasteiger charge is 2.52. The van der Waals surface area contributed by atoms with Gasteiger partial charge in [0.05, 0.1) is 6.61 Å². The molecule has 3 atom stereocenters. The van der Waals surface area contributed by atoms with Crippen LogP contribution in [0.3, 0.4) is 0 Å². The molecule has 2 heterocycles. The van der Waals surface area contributed by atoms with Crippen LogP contribution < -0.4 is 0 Å². The van der Waals surface area contributed by atoms with Crippen molar-refractivity contribution in [2.45, 2.75) is 109 Å². The first-order valence-corrected chi connectivity index (χ1v) is 10.6. The van der Waals surface area contributed by atoms with Gasteiger partial charge >= 0.3 is 5.97 Å². The predicted molar refractivity (Wildman–Crippen MR) is 101 cm³/mol. The van der Waals surface area contributed by atoms with Crippen LogP contribution in [0.15, 0.2) is 0 Å². The number of cyclic esters (lactones) is 1. The zero-order valence-corrected chi connectivity index (χ0v) is 17.2. The van der Waals surface area contributed by atoms with Gasteiger partial charge in [-0.25, -0.2) is 4.79 Å². The van der Waals surface area contributed by atoms with Crippen molar-refractivity contribution in [2.75, 3.05) is 13.2 Å². The summed E-state index contributed by atoms with van der Waals surface area (Å²) in [6.07, 6.45) is 10.3. The highest BCUT2D eigenvalue weighted by Crippen LogP contribution is 2.30. The van der Waals surface area contributed by atoms with Gasteiger partial charge < -0.3 is 18.9 Å². The smallest absolute Gasteiger partial charge is 0.378 e. The van der Waals surface area contributed by atoms with Crippen LogP contribution in [0.2, 0.25) is 0 Å². The van der Waals surface area contributed by atoms with E-state index in [1.807, 2.05) is 0 Å². The van der Waals surface area contributed by atoms with Gasteiger partial charge in [0.2, 0.25) is 0 Å². The Labute approximate surface area is 163 Å². The Bertz CT molecular complexity index is 475. The molecule has 0 N–H and O–H groups in total. The van der Waals surface area contributed by atoms with Crippen LogP contribution in [0, 0.1) is 0 Å². The quantitative estimate of drug-likeness (QED) is 0.272. The van der Waals surface area contributed by atoms with E-state index in [1.165, 1.54) is 51.4 Å². The molecule has 2 rings (SSSR count). The molecule has 0 aromatic heterocycles. The maximum Gasteiger partial charge on any atom is 0.378 e. The van der Waals surface area contributed by atoms with Crippen LogP contribution in [0.25, 0.3) is 0 Å². The van der Waals surface area contributed by atoms with Gasteiger partial charge in [0.25, 0.3) is 5.78 Å². The standard InChI is InChI=1S/C21H36O6/c1-4-5-6-7-8-9-10-11-12-13-14-24-19-17(22)20(23)26-18(19)16-15-25-21(2,3)27-16/h16,18-19H,4-15H2,1-3H3/t16-,18+,19?/m0/s1. The SMILES string of the molecule is CCCCCCCCCCCCOC1C(=O)C(=O)O[C@@H]1[C@@H]1COC(C)(C)O1. The molecule has 0 amide bonds. The number of esters is 1. The average Bonchev–Trinajstić information content (AvgIpc) is 3.13. The molecule has 0 bridgehead atoms. The molecule has 1 unspecified atom stereocenters.